The third-order valence-corrected chi connectivity index (χ3v) is 3.04. The van der Waals surface area contributed by atoms with Crippen molar-refractivity contribution in [2.45, 2.75) is 26.4 Å². The highest BCUT2D eigenvalue weighted by atomic mass is 19.1. The van der Waals surface area contributed by atoms with Crippen LogP contribution in [0, 0.1) is 5.82 Å². The molecule has 0 radical (unpaired) electrons. The Morgan fingerprint density at radius 3 is 2.38 bits per heavy atom. The van der Waals surface area contributed by atoms with Crippen molar-refractivity contribution in [2.24, 2.45) is 0 Å². The number of hydrogen-bond donors (Lipinski definition) is 1. The summed E-state index contributed by atoms with van der Waals surface area (Å²) in [6.45, 7) is 7.23. The zero-order chi connectivity index (χ0) is 15.7. The van der Waals surface area contributed by atoms with Crippen LogP contribution in [0.1, 0.15) is 19.4 Å². The van der Waals surface area contributed by atoms with Crippen molar-refractivity contribution >= 4 is 5.82 Å². The van der Waals surface area contributed by atoms with Crippen LogP contribution in [0.3, 0.4) is 0 Å². The number of hydrogen-bond acceptors (Lipinski definition) is 5. The summed E-state index contributed by atoms with van der Waals surface area (Å²) in [5.41, 5.74) is 0.843. The predicted octanol–water partition coefficient (Wildman–Crippen LogP) is 1.82. The van der Waals surface area contributed by atoms with Gasteiger partial charge in [-0.1, -0.05) is 13.8 Å². The average molecular weight is 299 g/mol. The van der Waals surface area contributed by atoms with Gasteiger partial charge in [-0.2, -0.15) is 0 Å². The van der Waals surface area contributed by atoms with E-state index in [2.05, 4.69) is 29.0 Å². The molecule has 0 saturated carbocycles. The van der Waals surface area contributed by atoms with E-state index in [1.54, 1.807) is 14.2 Å². The van der Waals surface area contributed by atoms with Gasteiger partial charge in [0.2, 0.25) is 0 Å². The number of aromatic nitrogens is 1. The first-order valence-electron chi connectivity index (χ1n) is 7.19. The van der Waals surface area contributed by atoms with Gasteiger partial charge in [0.15, 0.2) is 0 Å². The molecular formula is C15H26FN3O2. The topological polar surface area (TPSA) is 46.6 Å². The van der Waals surface area contributed by atoms with Gasteiger partial charge in [-0.05, 0) is 6.07 Å². The monoisotopic (exact) mass is 299 g/mol. The first-order valence-corrected chi connectivity index (χ1v) is 7.19. The maximum atomic E-state index is 13.5. The van der Waals surface area contributed by atoms with Crippen LogP contribution in [0.5, 0.6) is 0 Å². The third kappa shape index (κ3) is 6.37. The third-order valence-electron chi connectivity index (χ3n) is 3.04. The van der Waals surface area contributed by atoms with E-state index in [1.807, 2.05) is 0 Å². The summed E-state index contributed by atoms with van der Waals surface area (Å²) < 4.78 is 23.8. The van der Waals surface area contributed by atoms with Crippen molar-refractivity contribution in [1.29, 1.82) is 0 Å². The normalized spacial score (nSPS) is 11.1. The molecule has 0 spiro atoms. The van der Waals surface area contributed by atoms with Crippen molar-refractivity contribution in [3.63, 3.8) is 0 Å². The fourth-order valence-corrected chi connectivity index (χ4v) is 1.93. The Balaban J connectivity index is 2.92. The molecule has 0 saturated heterocycles. The van der Waals surface area contributed by atoms with Crippen LogP contribution in [0.25, 0.3) is 0 Å². The van der Waals surface area contributed by atoms with E-state index >= 15 is 0 Å². The summed E-state index contributed by atoms with van der Waals surface area (Å²) in [7, 11) is 3.32. The van der Waals surface area contributed by atoms with Crippen LogP contribution in [-0.2, 0) is 16.0 Å². The second-order valence-electron chi connectivity index (χ2n) is 5.14. The molecular weight excluding hydrogens is 273 g/mol. The number of rotatable bonds is 10. The second kappa shape index (κ2) is 9.65. The molecule has 0 fully saturated rings. The first kappa shape index (κ1) is 17.8. The quantitative estimate of drug-likeness (QED) is 0.714. The molecule has 0 aliphatic heterocycles. The van der Waals surface area contributed by atoms with Crippen molar-refractivity contribution in [3.8, 4) is 0 Å². The van der Waals surface area contributed by atoms with E-state index in [4.69, 9.17) is 9.47 Å². The highest BCUT2D eigenvalue weighted by molar-refractivity contribution is 5.47. The summed E-state index contributed by atoms with van der Waals surface area (Å²) in [4.78, 5) is 6.32. The summed E-state index contributed by atoms with van der Waals surface area (Å²) in [5.74, 6) is 0.455. The predicted molar refractivity (Wildman–Crippen MR) is 82.1 cm³/mol. The molecule has 120 valence electrons. The van der Waals surface area contributed by atoms with E-state index in [0.717, 1.165) is 11.4 Å². The zero-order valence-electron chi connectivity index (χ0n) is 13.4. The Morgan fingerprint density at radius 1 is 1.24 bits per heavy atom. The van der Waals surface area contributed by atoms with Crippen molar-refractivity contribution in [3.05, 3.63) is 23.6 Å². The molecule has 6 heteroatoms. The van der Waals surface area contributed by atoms with Crippen molar-refractivity contribution in [1.82, 2.24) is 10.3 Å². The molecule has 0 aromatic carbocycles. The molecule has 1 N–H and O–H groups in total. The summed E-state index contributed by atoms with van der Waals surface area (Å²) in [6.07, 6.45) is 1.25. The molecule has 1 aromatic heterocycles. The highest BCUT2D eigenvalue weighted by Crippen LogP contribution is 2.18. The molecule has 0 unspecified atom stereocenters. The number of ether oxygens (including phenoxy) is 2. The summed E-state index contributed by atoms with van der Waals surface area (Å²) in [6, 6.07) is 1.86. The molecule has 0 bridgehead atoms. The van der Waals surface area contributed by atoms with E-state index in [-0.39, 0.29) is 5.82 Å². The molecule has 5 nitrogen and oxygen atoms in total. The van der Waals surface area contributed by atoms with E-state index < -0.39 is 0 Å². The van der Waals surface area contributed by atoms with Crippen LogP contribution in [-0.4, -0.2) is 51.5 Å². The van der Waals surface area contributed by atoms with Crippen LogP contribution in [0.2, 0.25) is 0 Å². The number of nitrogens with one attached hydrogen (secondary N) is 1. The maximum Gasteiger partial charge on any atom is 0.141 e. The van der Waals surface area contributed by atoms with Crippen LogP contribution < -0.4 is 10.2 Å². The minimum absolute atomic E-state index is 0.322. The van der Waals surface area contributed by atoms with Gasteiger partial charge < -0.3 is 19.7 Å². The minimum Gasteiger partial charge on any atom is -0.383 e. The average Bonchev–Trinajstić information content (AvgIpc) is 2.46. The summed E-state index contributed by atoms with van der Waals surface area (Å²) >= 11 is 0. The maximum absolute atomic E-state index is 13.5. The Hall–Kier alpha value is -1.24. The van der Waals surface area contributed by atoms with Gasteiger partial charge >= 0.3 is 0 Å². The lowest BCUT2D eigenvalue weighted by molar-refractivity contribution is 0.190. The Kier molecular flexibility index (Phi) is 8.19. The van der Waals surface area contributed by atoms with E-state index in [0.29, 0.717) is 38.9 Å². The Morgan fingerprint density at radius 2 is 1.86 bits per heavy atom. The van der Waals surface area contributed by atoms with Crippen molar-refractivity contribution < 1.29 is 13.9 Å². The molecule has 0 aliphatic carbocycles. The molecule has 0 amide bonds. The van der Waals surface area contributed by atoms with Crippen molar-refractivity contribution in [2.75, 3.05) is 45.4 Å². The smallest absolute Gasteiger partial charge is 0.141 e. The molecule has 0 atom stereocenters. The molecule has 1 heterocycles. The van der Waals surface area contributed by atoms with Gasteiger partial charge in [-0.3, -0.25) is 0 Å². The molecule has 1 aromatic rings. The highest BCUT2D eigenvalue weighted by Gasteiger charge is 2.14. The van der Waals surface area contributed by atoms with Gasteiger partial charge in [0.1, 0.15) is 11.6 Å². The van der Waals surface area contributed by atoms with Gasteiger partial charge in [-0.15, -0.1) is 0 Å². The second-order valence-corrected chi connectivity index (χ2v) is 5.14. The SMILES string of the molecule is COCCN(CCOC)c1ncc(F)cc1CNC(C)C. The van der Waals surface area contributed by atoms with Crippen LogP contribution in [0.4, 0.5) is 10.2 Å². The van der Waals surface area contributed by atoms with Gasteiger partial charge in [0, 0.05) is 45.5 Å². The first-order chi connectivity index (χ1) is 10.1. The number of methoxy groups -OCH3 is 2. The molecule has 21 heavy (non-hydrogen) atoms. The lowest BCUT2D eigenvalue weighted by Gasteiger charge is -2.25. The number of nitrogens with zero attached hydrogens (tertiary/aromatic N) is 2. The zero-order valence-corrected chi connectivity index (χ0v) is 13.4. The van der Waals surface area contributed by atoms with E-state index in [9.17, 15) is 4.39 Å². The minimum atomic E-state index is -0.322. The fraction of sp³-hybridized carbons (Fsp3) is 0.667. The largest absolute Gasteiger partial charge is 0.383 e. The fourth-order valence-electron chi connectivity index (χ4n) is 1.93. The lowest BCUT2D eigenvalue weighted by Crippen LogP contribution is -2.33. The Bertz CT molecular complexity index is 408. The summed E-state index contributed by atoms with van der Waals surface area (Å²) in [5, 5.41) is 3.30. The Labute approximate surface area is 126 Å². The lowest BCUT2D eigenvalue weighted by atomic mass is 10.2. The number of halogens is 1. The van der Waals surface area contributed by atoms with Gasteiger partial charge in [0.25, 0.3) is 0 Å². The molecule has 0 aliphatic rings. The molecule has 1 rings (SSSR count). The van der Waals surface area contributed by atoms with E-state index in [1.165, 1.54) is 12.3 Å². The van der Waals surface area contributed by atoms with Gasteiger partial charge in [0.05, 0.1) is 19.4 Å². The number of anilines is 1. The van der Waals surface area contributed by atoms with Gasteiger partial charge in [-0.25, -0.2) is 9.37 Å². The van der Waals surface area contributed by atoms with Crippen LogP contribution >= 0.6 is 0 Å². The number of pyridine rings is 1. The van der Waals surface area contributed by atoms with Crippen LogP contribution in [0.15, 0.2) is 12.3 Å². The standard InChI is InChI=1S/C15H26FN3O2/c1-12(2)17-10-13-9-14(16)11-18-15(13)19(5-7-20-3)6-8-21-4/h9,11-12,17H,5-8,10H2,1-4H3.